The molecule has 1 aliphatic carbocycles. The van der Waals surface area contributed by atoms with Crippen molar-refractivity contribution in [2.75, 3.05) is 19.8 Å². The van der Waals surface area contributed by atoms with E-state index in [1.807, 2.05) is 6.08 Å². The summed E-state index contributed by atoms with van der Waals surface area (Å²) in [5.74, 6) is -1.61. The van der Waals surface area contributed by atoms with Crippen LogP contribution in [-0.4, -0.2) is 42.1 Å². The Morgan fingerprint density at radius 2 is 1.81 bits per heavy atom. The molecular weight excluding hydrogens is 367 g/mol. The predicted octanol–water partition coefficient (Wildman–Crippen LogP) is 3.66. The zero-order valence-corrected chi connectivity index (χ0v) is 17.0. The molecule has 8 heteroatoms. The molecule has 3 atom stereocenters. The van der Waals surface area contributed by atoms with E-state index in [4.69, 9.17) is 14.3 Å². The molecule has 0 N–H and O–H groups in total. The van der Waals surface area contributed by atoms with E-state index in [2.05, 4.69) is 6.07 Å². The van der Waals surface area contributed by atoms with Crippen LogP contribution in [0.2, 0.25) is 0 Å². The molecule has 0 aromatic carbocycles. The first kappa shape index (κ1) is 21.8. The van der Waals surface area contributed by atoms with Gasteiger partial charge < -0.3 is 9.05 Å². The van der Waals surface area contributed by atoms with Crippen molar-refractivity contribution in [1.29, 1.82) is 5.26 Å². The molecule has 0 saturated carbocycles. The van der Waals surface area contributed by atoms with Gasteiger partial charge in [-0.05, 0) is 33.1 Å². The van der Waals surface area contributed by atoms with Crippen molar-refractivity contribution >= 4 is 19.4 Å². The maximum absolute atomic E-state index is 13.2. The average Bonchev–Trinajstić information content (AvgIpc) is 2.89. The smallest absolute Gasteiger partial charge is 0.308 e. The van der Waals surface area contributed by atoms with Gasteiger partial charge in [0.1, 0.15) is 0 Å². The van der Waals surface area contributed by atoms with Gasteiger partial charge in [-0.2, -0.15) is 5.26 Å². The second kappa shape index (κ2) is 10.2. The largest absolute Gasteiger partial charge is 0.338 e. The molecule has 1 saturated heterocycles. The zero-order chi connectivity index (χ0) is 19.9. The summed E-state index contributed by atoms with van der Waals surface area (Å²) in [6, 6.07) is 2.11. The topological polar surface area (TPSA) is 96.7 Å². The van der Waals surface area contributed by atoms with E-state index in [0.29, 0.717) is 19.4 Å². The number of nitrogens with zero attached hydrogens (tertiary/aromatic N) is 2. The average molecular weight is 396 g/mol. The first-order valence-corrected chi connectivity index (χ1v) is 11.4. The lowest BCUT2D eigenvalue weighted by atomic mass is 9.85. The molecule has 0 aromatic rings. The zero-order valence-electron chi connectivity index (χ0n) is 16.1. The Bertz CT molecular complexity index is 647. The number of nitriles is 1. The van der Waals surface area contributed by atoms with Crippen LogP contribution in [-0.2, 0) is 23.2 Å². The number of imide groups is 1. The van der Waals surface area contributed by atoms with Crippen molar-refractivity contribution in [3.63, 3.8) is 0 Å². The molecule has 0 bridgehead atoms. The number of unbranched alkanes of at least 4 members (excludes halogenated alkanes) is 4. The minimum atomic E-state index is -3.52. The van der Waals surface area contributed by atoms with Crippen LogP contribution in [0.3, 0.4) is 0 Å². The summed E-state index contributed by atoms with van der Waals surface area (Å²) in [5.41, 5.74) is -0.715. The maximum atomic E-state index is 13.2. The highest BCUT2D eigenvalue weighted by Gasteiger charge is 2.56. The summed E-state index contributed by atoms with van der Waals surface area (Å²) < 4.78 is 24.1. The van der Waals surface area contributed by atoms with E-state index in [1.165, 1.54) is 4.90 Å². The molecule has 2 amide bonds. The molecule has 0 unspecified atom stereocenters. The van der Waals surface area contributed by atoms with Gasteiger partial charge in [0.25, 0.3) is 0 Å². The first-order chi connectivity index (χ1) is 13.0. The Hall–Kier alpha value is -1.48. The molecule has 2 rings (SSSR count). The molecule has 2 aliphatic rings. The highest BCUT2D eigenvalue weighted by Crippen LogP contribution is 2.59. The standard InChI is InChI=1S/C19H29N2O5P/c1-3-25-27(24,26-4-2)16-12-10-11-15-17(16)19(23)21(18(15)22)14-9-7-5-6-8-13-20/h10,12,15-17H,3-9,11,14H2,1-2H3/t15-,16+,17-/m0/s1. The van der Waals surface area contributed by atoms with Crippen molar-refractivity contribution in [1.82, 2.24) is 4.90 Å². The quantitative estimate of drug-likeness (QED) is 0.229. The number of allylic oxidation sites excluding steroid dienone is 2. The number of hydrogen-bond acceptors (Lipinski definition) is 6. The number of amides is 2. The summed E-state index contributed by atoms with van der Waals surface area (Å²) in [4.78, 5) is 27.1. The Morgan fingerprint density at radius 1 is 1.15 bits per heavy atom. The van der Waals surface area contributed by atoms with Crippen LogP contribution >= 0.6 is 7.60 Å². The minimum Gasteiger partial charge on any atom is -0.308 e. The van der Waals surface area contributed by atoms with E-state index >= 15 is 0 Å². The normalized spacial score (nSPS) is 24.9. The number of rotatable bonds is 11. The van der Waals surface area contributed by atoms with Crippen LogP contribution in [0.25, 0.3) is 0 Å². The number of likely N-dealkylation sites (tertiary alicyclic amines) is 1. The van der Waals surface area contributed by atoms with Gasteiger partial charge in [0.05, 0.1) is 36.8 Å². The molecule has 1 heterocycles. The van der Waals surface area contributed by atoms with Crippen molar-refractivity contribution in [2.24, 2.45) is 11.8 Å². The molecule has 0 aromatic heterocycles. The monoisotopic (exact) mass is 396 g/mol. The number of carbonyl (C=O) groups is 2. The minimum absolute atomic E-state index is 0.184. The summed E-state index contributed by atoms with van der Waals surface area (Å²) in [5, 5.41) is 8.55. The molecule has 1 aliphatic heterocycles. The molecular formula is C19H29N2O5P. The van der Waals surface area contributed by atoms with Crippen LogP contribution in [0.5, 0.6) is 0 Å². The lowest BCUT2D eigenvalue weighted by molar-refractivity contribution is -0.139. The fourth-order valence-corrected chi connectivity index (χ4v) is 6.05. The Morgan fingerprint density at radius 3 is 2.44 bits per heavy atom. The van der Waals surface area contributed by atoms with Gasteiger partial charge in [-0.3, -0.25) is 19.1 Å². The number of carbonyl (C=O) groups excluding carboxylic acids is 2. The second-order valence-corrected chi connectivity index (χ2v) is 9.00. The maximum Gasteiger partial charge on any atom is 0.338 e. The fourth-order valence-electron chi connectivity index (χ4n) is 3.85. The molecule has 1 fully saturated rings. The second-order valence-electron chi connectivity index (χ2n) is 6.81. The Balaban J connectivity index is 2.08. The van der Waals surface area contributed by atoms with Gasteiger partial charge in [-0.15, -0.1) is 0 Å². The Labute approximate surface area is 161 Å². The van der Waals surface area contributed by atoms with E-state index < -0.39 is 25.1 Å². The van der Waals surface area contributed by atoms with Gasteiger partial charge in [0.2, 0.25) is 11.8 Å². The van der Waals surface area contributed by atoms with E-state index in [0.717, 1.165) is 25.7 Å². The van der Waals surface area contributed by atoms with Crippen LogP contribution in [0.1, 0.15) is 52.4 Å². The van der Waals surface area contributed by atoms with Crippen LogP contribution in [0, 0.1) is 23.2 Å². The van der Waals surface area contributed by atoms with E-state index in [9.17, 15) is 14.2 Å². The number of hydrogen-bond donors (Lipinski definition) is 0. The van der Waals surface area contributed by atoms with E-state index in [1.54, 1.807) is 19.9 Å². The van der Waals surface area contributed by atoms with Gasteiger partial charge in [-0.25, -0.2) is 0 Å². The predicted molar refractivity (Wildman–Crippen MR) is 101 cm³/mol. The fraction of sp³-hybridized carbons (Fsp3) is 0.737. The first-order valence-electron chi connectivity index (χ1n) is 9.77. The third kappa shape index (κ3) is 4.87. The van der Waals surface area contributed by atoms with E-state index in [-0.39, 0.29) is 25.0 Å². The lowest BCUT2D eigenvalue weighted by Gasteiger charge is -2.31. The van der Waals surface area contributed by atoms with Crippen molar-refractivity contribution in [2.45, 2.75) is 58.0 Å². The van der Waals surface area contributed by atoms with Gasteiger partial charge >= 0.3 is 7.60 Å². The van der Waals surface area contributed by atoms with Crippen LogP contribution < -0.4 is 0 Å². The van der Waals surface area contributed by atoms with Gasteiger partial charge in [0, 0.05) is 13.0 Å². The number of fused-ring (bicyclic) bond motifs is 1. The highest BCUT2D eigenvalue weighted by atomic mass is 31.2. The summed E-state index contributed by atoms with van der Waals surface area (Å²) >= 11 is 0. The van der Waals surface area contributed by atoms with Crippen molar-refractivity contribution in [3.8, 4) is 6.07 Å². The van der Waals surface area contributed by atoms with Crippen LogP contribution in [0.4, 0.5) is 0 Å². The summed E-state index contributed by atoms with van der Waals surface area (Å²) in [6.07, 6.45) is 7.87. The molecule has 27 heavy (non-hydrogen) atoms. The van der Waals surface area contributed by atoms with Gasteiger partial charge in [0.15, 0.2) is 0 Å². The molecule has 7 nitrogen and oxygen atoms in total. The molecule has 150 valence electrons. The van der Waals surface area contributed by atoms with Crippen molar-refractivity contribution < 1.29 is 23.2 Å². The third-order valence-corrected chi connectivity index (χ3v) is 7.52. The van der Waals surface area contributed by atoms with Crippen molar-refractivity contribution in [3.05, 3.63) is 12.2 Å². The molecule has 0 spiro atoms. The third-order valence-electron chi connectivity index (χ3n) is 5.06. The van der Waals surface area contributed by atoms with Crippen LogP contribution in [0.15, 0.2) is 12.2 Å². The molecule has 0 radical (unpaired) electrons. The summed E-state index contributed by atoms with van der Waals surface area (Å²) in [6.45, 7) is 4.27. The SMILES string of the molecule is CCOP(=O)(OCC)[C@@H]1C=CC[C@@H]2C(=O)N(CCCCCCC#N)C(=O)[C@@H]21. The summed E-state index contributed by atoms with van der Waals surface area (Å²) in [7, 11) is -3.52. The Kier molecular flexibility index (Phi) is 8.22. The lowest BCUT2D eigenvalue weighted by Crippen LogP contribution is -2.35. The highest BCUT2D eigenvalue weighted by molar-refractivity contribution is 7.55. The van der Waals surface area contributed by atoms with Gasteiger partial charge in [-0.1, -0.05) is 25.0 Å².